The molecule has 7 rings (SSSR count). The number of benzene rings is 4. The van der Waals surface area contributed by atoms with Crippen LogP contribution >= 0.6 is 0 Å². The first-order valence-corrected chi connectivity index (χ1v) is 20.1. The van der Waals surface area contributed by atoms with E-state index in [1.807, 2.05) is 72.8 Å². The van der Waals surface area contributed by atoms with Crippen molar-refractivity contribution < 1.29 is 34.2 Å². The summed E-state index contributed by atoms with van der Waals surface area (Å²) in [7, 11) is 0. The van der Waals surface area contributed by atoms with Crippen LogP contribution in [0.1, 0.15) is 86.0 Å². The molecular weight excluding hydrogens is 723 g/mol. The number of amides is 3. The Bertz CT molecular complexity index is 1950. The van der Waals surface area contributed by atoms with Crippen LogP contribution < -0.4 is 21.0 Å². The highest BCUT2D eigenvalue weighted by molar-refractivity contribution is 5.93. The van der Waals surface area contributed by atoms with Crippen LogP contribution in [0.3, 0.4) is 0 Å². The quantitative estimate of drug-likeness (QED) is 0.0566. The fraction of sp³-hybridized carbons (Fsp3) is 0.400. The fourth-order valence-electron chi connectivity index (χ4n) is 8.32. The number of likely N-dealkylation sites (tertiary alicyclic amines) is 1. The van der Waals surface area contributed by atoms with Gasteiger partial charge in [-0.3, -0.25) is 19.6 Å². The highest BCUT2D eigenvalue weighted by Crippen LogP contribution is 2.40. The maximum atomic E-state index is 13.3. The Hall–Kier alpha value is -5.11. The number of hydrogen-bond donors (Lipinski definition) is 5. The maximum Gasteiger partial charge on any atom is 0.247 e. The van der Waals surface area contributed by atoms with Gasteiger partial charge < -0.3 is 35.0 Å². The largest absolute Gasteiger partial charge is 0.392 e. The topological polar surface area (TPSA) is 153 Å². The zero-order valence-corrected chi connectivity index (χ0v) is 32.3. The van der Waals surface area contributed by atoms with Crippen LogP contribution in [0, 0.1) is 0 Å². The van der Waals surface area contributed by atoms with Gasteiger partial charge in [-0.25, -0.2) is 5.48 Å². The molecule has 0 aliphatic carbocycles. The summed E-state index contributed by atoms with van der Waals surface area (Å²) < 4.78 is 13.4. The first-order valence-electron chi connectivity index (χ1n) is 20.1. The van der Waals surface area contributed by atoms with Crippen molar-refractivity contribution in [3.05, 3.63) is 125 Å². The molecule has 3 aliphatic rings. The lowest BCUT2D eigenvalue weighted by Crippen LogP contribution is -2.57. The van der Waals surface area contributed by atoms with Gasteiger partial charge in [-0.15, -0.1) is 0 Å². The molecule has 0 bridgehead atoms. The van der Waals surface area contributed by atoms with Crippen LogP contribution in [0.2, 0.25) is 0 Å². The first kappa shape index (κ1) is 40.1. The lowest BCUT2D eigenvalue weighted by molar-refractivity contribution is -0.253. The number of ether oxygens (including phenoxy) is 2. The summed E-state index contributed by atoms with van der Waals surface area (Å²) in [6, 6.07) is 34.3. The standard InChI is InChI=1S/C45H53N5O7/c51-30-32-15-17-34(18-16-32)40-27-38(29-49-25-23-45(24-26-49)44(54)47-31-50(45)37-10-3-1-4-11-37)56-43(57-40)35-21-19-33(20-22-35)39-12-8-7-9-36(39)28-46-41(52)13-5-2-6-14-42(53)48-55/h1,3-4,7-12,15-22,38,40,43,51,55H,2,5-6,13-14,23-31H2,(H,46,52)(H,47,54)(H,48,53)/t38-,40+,43+/m1/s1. The van der Waals surface area contributed by atoms with Crippen molar-refractivity contribution in [1.29, 1.82) is 0 Å². The summed E-state index contributed by atoms with van der Waals surface area (Å²) in [5, 5.41) is 24.4. The minimum Gasteiger partial charge on any atom is -0.392 e. The molecule has 57 heavy (non-hydrogen) atoms. The molecule has 12 nitrogen and oxygen atoms in total. The van der Waals surface area contributed by atoms with Crippen molar-refractivity contribution in [1.82, 2.24) is 21.0 Å². The van der Waals surface area contributed by atoms with Crippen molar-refractivity contribution in [3.63, 3.8) is 0 Å². The van der Waals surface area contributed by atoms with Crippen LogP contribution in [0.5, 0.6) is 0 Å². The molecule has 0 saturated carbocycles. The summed E-state index contributed by atoms with van der Waals surface area (Å²) in [6.45, 7) is 3.15. The minimum absolute atomic E-state index is 0.0206. The average Bonchev–Trinajstić information content (AvgIpc) is 3.57. The molecule has 3 heterocycles. The van der Waals surface area contributed by atoms with Gasteiger partial charge in [0.15, 0.2) is 6.29 Å². The number of piperidine rings is 1. The van der Waals surface area contributed by atoms with Gasteiger partial charge in [0.05, 0.1) is 25.5 Å². The number of aliphatic hydroxyl groups is 1. The van der Waals surface area contributed by atoms with E-state index in [0.29, 0.717) is 45.4 Å². The highest BCUT2D eigenvalue weighted by atomic mass is 16.7. The Balaban J connectivity index is 1.00. The molecule has 3 saturated heterocycles. The van der Waals surface area contributed by atoms with E-state index in [1.165, 1.54) is 0 Å². The molecule has 0 aromatic heterocycles. The van der Waals surface area contributed by atoms with Crippen molar-refractivity contribution in [3.8, 4) is 11.1 Å². The Morgan fingerprint density at radius 3 is 2.21 bits per heavy atom. The summed E-state index contributed by atoms with van der Waals surface area (Å²) in [5.74, 6) is -0.358. The second kappa shape index (κ2) is 18.9. The molecule has 12 heteroatoms. The molecule has 3 fully saturated rings. The number of para-hydroxylation sites is 1. The van der Waals surface area contributed by atoms with E-state index in [-0.39, 0.29) is 37.0 Å². The number of aliphatic hydroxyl groups excluding tert-OH is 1. The third-order valence-corrected chi connectivity index (χ3v) is 11.6. The molecule has 4 aromatic rings. The molecule has 3 amide bonds. The van der Waals surface area contributed by atoms with E-state index in [0.717, 1.165) is 71.4 Å². The van der Waals surface area contributed by atoms with E-state index in [1.54, 1.807) is 5.48 Å². The van der Waals surface area contributed by atoms with Crippen molar-refractivity contribution >= 4 is 23.4 Å². The van der Waals surface area contributed by atoms with Gasteiger partial charge in [0, 0.05) is 56.7 Å². The number of anilines is 1. The summed E-state index contributed by atoms with van der Waals surface area (Å²) in [4.78, 5) is 41.7. The minimum atomic E-state index is -0.599. The molecule has 0 unspecified atom stereocenters. The molecule has 5 N–H and O–H groups in total. The van der Waals surface area contributed by atoms with Gasteiger partial charge in [0.2, 0.25) is 17.7 Å². The highest BCUT2D eigenvalue weighted by Gasteiger charge is 2.50. The van der Waals surface area contributed by atoms with Crippen LogP contribution in [0.15, 0.2) is 103 Å². The third kappa shape index (κ3) is 9.72. The smallest absolute Gasteiger partial charge is 0.247 e. The Morgan fingerprint density at radius 1 is 0.807 bits per heavy atom. The lowest BCUT2D eigenvalue weighted by Gasteiger charge is -2.45. The molecule has 300 valence electrons. The second-order valence-corrected chi connectivity index (χ2v) is 15.3. The zero-order chi connectivity index (χ0) is 39.6. The number of hydrogen-bond acceptors (Lipinski definition) is 9. The predicted octanol–water partition coefficient (Wildman–Crippen LogP) is 5.89. The normalized spacial score (nSPS) is 20.6. The van der Waals surface area contributed by atoms with E-state index in [9.17, 15) is 19.5 Å². The van der Waals surface area contributed by atoms with Crippen LogP contribution in [0.25, 0.3) is 11.1 Å². The summed E-state index contributed by atoms with van der Waals surface area (Å²) in [6.07, 6.45) is 3.81. The van der Waals surface area contributed by atoms with Gasteiger partial charge >= 0.3 is 0 Å². The summed E-state index contributed by atoms with van der Waals surface area (Å²) >= 11 is 0. The molecule has 0 radical (unpaired) electrons. The Morgan fingerprint density at radius 2 is 1.49 bits per heavy atom. The number of carbonyl (C=O) groups excluding carboxylic acids is 3. The maximum absolute atomic E-state index is 13.3. The molecule has 3 aliphatic heterocycles. The van der Waals surface area contributed by atoms with Gasteiger partial charge in [0.1, 0.15) is 5.54 Å². The van der Waals surface area contributed by atoms with Gasteiger partial charge in [-0.2, -0.15) is 0 Å². The third-order valence-electron chi connectivity index (χ3n) is 11.6. The SMILES string of the molecule is O=C(CCCCCC(=O)NCc1ccccc1-c1ccc([C@H]2O[C@@H](CN3CCC4(CC3)C(=O)NCN4c3ccccc3)C[C@@H](c3ccc(CO)cc3)O2)cc1)NO. The Kier molecular flexibility index (Phi) is 13.3. The van der Waals surface area contributed by atoms with E-state index >= 15 is 0 Å². The molecule has 4 aromatic carbocycles. The monoisotopic (exact) mass is 775 g/mol. The number of nitrogens with one attached hydrogen (secondary N) is 3. The van der Waals surface area contributed by atoms with Gasteiger partial charge in [-0.05, 0) is 65.6 Å². The number of rotatable bonds is 15. The molecule has 3 atom stereocenters. The number of nitrogens with zero attached hydrogens (tertiary/aromatic N) is 2. The van der Waals surface area contributed by atoms with E-state index in [2.05, 4.69) is 50.8 Å². The number of carbonyl (C=O) groups is 3. The van der Waals surface area contributed by atoms with Crippen LogP contribution in [0.4, 0.5) is 5.69 Å². The Labute approximate surface area is 334 Å². The van der Waals surface area contributed by atoms with Crippen LogP contribution in [-0.4, -0.2) is 70.9 Å². The first-order chi connectivity index (χ1) is 27.8. The zero-order valence-electron chi connectivity index (χ0n) is 32.3. The summed E-state index contributed by atoms with van der Waals surface area (Å²) in [5.41, 5.74) is 7.95. The second-order valence-electron chi connectivity index (χ2n) is 15.3. The lowest BCUT2D eigenvalue weighted by atomic mass is 9.85. The average molecular weight is 776 g/mol. The van der Waals surface area contributed by atoms with Gasteiger partial charge in [-0.1, -0.05) is 97.4 Å². The van der Waals surface area contributed by atoms with Crippen molar-refractivity contribution in [2.45, 2.75) is 88.6 Å². The van der Waals surface area contributed by atoms with Crippen LogP contribution in [-0.2, 0) is 37.0 Å². The van der Waals surface area contributed by atoms with E-state index in [4.69, 9.17) is 14.7 Å². The van der Waals surface area contributed by atoms with Crippen molar-refractivity contribution in [2.75, 3.05) is 31.2 Å². The fourth-order valence-corrected chi connectivity index (χ4v) is 8.32. The van der Waals surface area contributed by atoms with E-state index < -0.39 is 17.7 Å². The molecule has 1 spiro atoms. The number of hydroxylamine groups is 1. The van der Waals surface area contributed by atoms with Crippen molar-refractivity contribution in [2.24, 2.45) is 0 Å². The number of unbranched alkanes of at least 4 members (excludes halogenated alkanes) is 2. The molecular formula is C45H53N5O7. The van der Waals surface area contributed by atoms with Gasteiger partial charge in [0.25, 0.3) is 0 Å². The predicted molar refractivity (Wildman–Crippen MR) is 215 cm³/mol.